The Balaban J connectivity index is 3.18. The molecule has 1 unspecified atom stereocenters. The van der Waals surface area contributed by atoms with E-state index in [9.17, 15) is 19.8 Å². The molecule has 0 fully saturated rings. The molecule has 0 aliphatic rings. The van der Waals surface area contributed by atoms with Crippen molar-refractivity contribution in [1.82, 2.24) is 0 Å². The van der Waals surface area contributed by atoms with Crippen molar-refractivity contribution >= 4 is 12.0 Å². The van der Waals surface area contributed by atoms with Crippen LogP contribution in [0.5, 0.6) is 5.75 Å². The summed E-state index contributed by atoms with van der Waals surface area (Å²) in [6.07, 6.45) is 1.12. The number of benzene rings is 1. The van der Waals surface area contributed by atoms with Gasteiger partial charge in [0.2, 0.25) is 6.08 Å². The highest BCUT2D eigenvalue weighted by Crippen LogP contribution is 2.27. The summed E-state index contributed by atoms with van der Waals surface area (Å²) in [6.45, 7) is 5.01. The number of ether oxygens (including phenoxy) is 1. The summed E-state index contributed by atoms with van der Waals surface area (Å²) < 4.78 is 5.47. The number of phenols is 1. The second-order valence-electron chi connectivity index (χ2n) is 5.35. The molecule has 108 valence electrons. The Hall–Kier alpha value is -2.17. The largest absolute Gasteiger partial charge is 0.508 e. The summed E-state index contributed by atoms with van der Waals surface area (Å²) in [5.41, 5.74) is -2.28. The molecule has 0 bridgehead atoms. The highest BCUT2D eigenvalue weighted by molar-refractivity contribution is 5.78. The van der Waals surface area contributed by atoms with Gasteiger partial charge in [-0.3, -0.25) is 0 Å². The molecule has 2 N–H and O–H groups in total. The molecule has 0 aliphatic carbocycles. The van der Waals surface area contributed by atoms with E-state index in [0.29, 0.717) is 5.56 Å². The maximum Gasteiger partial charge on any atom is 0.360 e. The molecule has 6 heteroatoms. The number of carbonyl (C=O) groups excluding carboxylic acids is 1. The van der Waals surface area contributed by atoms with E-state index >= 15 is 0 Å². The summed E-state index contributed by atoms with van der Waals surface area (Å²) in [5, 5.41) is 18.6. The van der Waals surface area contributed by atoms with Gasteiger partial charge >= 0.3 is 5.97 Å². The third-order valence-electron chi connectivity index (χ3n) is 2.42. The van der Waals surface area contributed by atoms with Crippen molar-refractivity contribution in [3.05, 3.63) is 29.8 Å². The molecule has 20 heavy (non-hydrogen) atoms. The first-order chi connectivity index (χ1) is 9.18. The zero-order valence-corrected chi connectivity index (χ0v) is 11.6. The molecule has 0 saturated carbocycles. The summed E-state index contributed by atoms with van der Waals surface area (Å²) in [5.74, 6) is -1.31. The molecule has 0 spiro atoms. The first-order valence-corrected chi connectivity index (χ1v) is 5.99. The summed E-state index contributed by atoms with van der Waals surface area (Å²) in [4.78, 5) is 25.5. The molecule has 0 saturated heterocycles. The van der Waals surface area contributed by atoms with Crippen LogP contribution in [0.2, 0.25) is 0 Å². The molecular weight excluding hydrogens is 262 g/mol. The SMILES string of the molecule is CC(C)(C)OC(Cc1ccc(O)cc1)(N=C=O)C(=O)O. The zero-order chi connectivity index (χ0) is 15.4. The monoisotopic (exact) mass is 279 g/mol. The van der Waals surface area contributed by atoms with Crippen molar-refractivity contribution in [2.45, 2.75) is 38.5 Å². The summed E-state index contributed by atoms with van der Waals surface area (Å²) in [7, 11) is 0. The lowest BCUT2D eigenvalue weighted by molar-refractivity contribution is -0.182. The van der Waals surface area contributed by atoms with Gasteiger partial charge in [-0.2, -0.15) is 4.99 Å². The number of isocyanates is 1. The average molecular weight is 279 g/mol. The van der Waals surface area contributed by atoms with E-state index in [2.05, 4.69) is 4.99 Å². The van der Waals surface area contributed by atoms with Crippen LogP contribution >= 0.6 is 0 Å². The highest BCUT2D eigenvalue weighted by Gasteiger charge is 2.43. The van der Waals surface area contributed by atoms with Gasteiger partial charge in [0.25, 0.3) is 5.72 Å². The molecule has 0 amide bonds. The Morgan fingerprint density at radius 3 is 2.25 bits per heavy atom. The minimum atomic E-state index is -2.03. The van der Waals surface area contributed by atoms with E-state index in [1.165, 1.54) is 18.2 Å². The maximum absolute atomic E-state index is 11.5. The molecule has 6 nitrogen and oxygen atoms in total. The van der Waals surface area contributed by atoms with E-state index < -0.39 is 17.3 Å². The van der Waals surface area contributed by atoms with Crippen LogP contribution in [0.1, 0.15) is 26.3 Å². The van der Waals surface area contributed by atoms with Gasteiger partial charge in [-0.1, -0.05) is 12.1 Å². The number of aromatic hydroxyl groups is 1. The number of hydrogen-bond acceptors (Lipinski definition) is 5. The van der Waals surface area contributed by atoms with Gasteiger partial charge < -0.3 is 14.9 Å². The Bertz CT molecular complexity index is 521. The number of carboxylic acid groups (broad SMARTS) is 1. The van der Waals surface area contributed by atoms with Gasteiger partial charge in [0.15, 0.2) is 0 Å². The quantitative estimate of drug-likeness (QED) is 0.633. The van der Waals surface area contributed by atoms with E-state index in [1.54, 1.807) is 32.9 Å². The van der Waals surface area contributed by atoms with Crippen molar-refractivity contribution < 1.29 is 24.5 Å². The second-order valence-corrected chi connectivity index (χ2v) is 5.35. The van der Waals surface area contributed by atoms with Gasteiger partial charge in [-0.25, -0.2) is 9.59 Å². The number of hydrogen-bond donors (Lipinski definition) is 2. The lowest BCUT2D eigenvalue weighted by Gasteiger charge is -2.32. The van der Waals surface area contributed by atoms with Gasteiger partial charge in [0, 0.05) is 6.42 Å². The minimum Gasteiger partial charge on any atom is -0.508 e. The van der Waals surface area contributed by atoms with Crippen LogP contribution in [-0.4, -0.2) is 33.6 Å². The molecule has 0 radical (unpaired) electrons. The van der Waals surface area contributed by atoms with Crippen molar-refractivity contribution in [2.24, 2.45) is 4.99 Å². The van der Waals surface area contributed by atoms with Crippen LogP contribution in [-0.2, 0) is 20.7 Å². The van der Waals surface area contributed by atoms with Crippen molar-refractivity contribution in [1.29, 1.82) is 0 Å². The number of aliphatic carboxylic acids is 1. The highest BCUT2D eigenvalue weighted by atomic mass is 16.6. The Morgan fingerprint density at radius 1 is 1.30 bits per heavy atom. The van der Waals surface area contributed by atoms with Gasteiger partial charge in [0.05, 0.1) is 5.60 Å². The number of phenolic OH excluding ortho intramolecular Hbond substituents is 1. The minimum absolute atomic E-state index is 0.0605. The number of nitrogens with zero attached hydrogens (tertiary/aromatic N) is 1. The van der Waals surface area contributed by atoms with E-state index in [4.69, 9.17) is 4.74 Å². The number of rotatable bonds is 5. The molecule has 1 atom stereocenters. The Kier molecular flexibility index (Phi) is 4.65. The van der Waals surface area contributed by atoms with Crippen molar-refractivity contribution in [2.75, 3.05) is 0 Å². The van der Waals surface area contributed by atoms with Gasteiger partial charge in [-0.15, -0.1) is 0 Å². The topological polar surface area (TPSA) is 96.2 Å². The second kappa shape index (κ2) is 5.86. The normalized spacial score (nSPS) is 14.2. The Labute approximate surface area is 116 Å². The van der Waals surface area contributed by atoms with Crippen LogP contribution in [0.4, 0.5) is 0 Å². The molecule has 1 rings (SSSR count). The molecule has 0 aromatic heterocycles. The first kappa shape index (κ1) is 15.9. The maximum atomic E-state index is 11.5. The van der Waals surface area contributed by atoms with Crippen molar-refractivity contribution in [3.8, 4) is 5.75 Å². The first-order valence-electron chi connectivity index (χ1n) is 5.99. The molecular formula is C14H17NO5. The summed E-state index contributed by atoms with van der Waals surface area (Å²) >= 11 is 0. The third-order valence-corrected chi connectivity index (χ3v) is 2.42. The standard InChI is InChI=1S/C14H17NO5/c1-13(2,3)20-14(12(18)19,15-9-16)8-10-4-6-11(17)7-5-10/h4-7,17H,8H2,1-3H3,(H,18,19). The van der Waals surface area contributed by atoms with Gasteiger partial charge in [-0.05, 0) is 38.5 Å². The fourth-order valence-electron chi connectivity index (χ4n) is 1.74. The lowest BCUT2D eigenvalue weighted by Crippen LogP contribution is -2.47. The van der Waals surface area contributed by atoms with Crippen LogP contribution in [0.3, 0.4) is 0 Å². The fourth-order valence-corrected chi connectivity index (χ4v) is 1.74. The van der Waals surface area contributed by atoms with Crippen LogP contribution < -0.4 is 0 Å². The number of carbonyl (C=O) groups is 1. The smallest absolute Gasteiger partial charge is 0.360 e. The van der Waals surface area contributed by atoms with E-state index in [-0.39, 0.29) is 12.2 Å². The molecule has 1 aromatic rings. The van der Waals surface area contributed by atoms with Crippen LogP contribution in [0.15, 0.2) is 29.3 Å². The van der Waals surface area contributed by atoms with E-state index in [1.807, 2.05) is 0 Å². The predicted octanol–water partition coefficient (Wildman–Crippen LogP) is 1.87. The fraction of sp³-hybridized carbons (Fsp3) is 0.429. The number of carboxylic acids is 1. The molecule has 1 aromatic carbocycles. The predicted molar refractivity (Wildman–Crippen MR) is 71.1 cm³/mol. The third kappa shape index (κ3) is 4.19. The molecule has 0 aliphatic heterocycles. The van der Waals surface area contributed by atoms with Gasteiger partial charge in [0.1, 0.15) is 5.75 Å². The summed E-state index contributed by atoms with van der Waals surface area (Å²) in [6, 6.07) is 5.92. The van der Waals surface area contributed by atoms with Crippen LogP contribution in [0, 0.1) is 0 Å². The average Bonchev–Trinajstić information content (AvgIpc) is 2.30. The molecule has 0 heterocycles. The number of aliphatic imine (C=N–C) groups is 1. The van der Waals surface area contributed by atoms with E-state index in [0.717, 1.165) is 0 Å². The zero-order valence-electron chi connectivity index (χ0n) is 11.6. The Morgan fingerprint density at radius 2 is 1.85 bits per heavy atom. The lowest BCUT2D eigenvalue weighted by atomic mass is 10.0. The van der Waals surface area contributed by atoms with Crippen LogP contribution in [0.25, 0.3) is 0 Å². The van der Waals surface area contributed by atoms with Crippen molar-refractivity contribution in [3.63, 3.8) is 0 Å².